The van der Waals surface area contributed by atoms with Gasteiger partial charge in [0.05, 0.1) is 28.6 Å². The molecule has 0 aliphatic carbocycles. The van der Waals surface area contributed by atoms with Crippen molar-refractivity contribution in [3.63, 3.8) is 0 Å². The van der Waals surface area contributed by atoms with E-state index in [1.165, 1.54) is 17.7 Å². The lowest BCUT2D eigenvalue weighted by atomic mass is 10.3. The summed E-state index contributed by atoms with van der Waals surface area (Å²) in [5.74, 6) is 0.955. The first-order valence-corrected chi connectivity index (χ1v) is 9.86. The van der Waals surface area contributed by atoms with E-state index in [2.05, 4.69) is 30.6 Å². The Bertz CT molecular complexity index is 1160. The number of fused-ring (bicyclic) bond motifs is 1. The first kappa shape index (κ1) is 19.5. The highest BCUT2D eigenvalue weighted by Gasteiger charge is 2.23. The van der Waals surface area contributed by atoms with Gasteiger partial charge in [0.2, 0.25) is 11.6 Å². The van der Waals surface area contributed by atoms with Crippen LogP contribution in [0.25, 0.3) is 10.2 Å². The Morgan fingerprint density at radius 1 is 1.30 bits per heavy atom. The molecule has 2 N–H and O–H groups in total. The van der Waals surface area contributed by atoms with Gasteiger partial charge in [-0.05, 0) is 24.6 Å². The molecule has 0 atom stereocenters. The summed E-state index contributed by atoms with van der Waals surface area (Å²) in [7, 11) is 1.59. The van der Waals surface area contributed by atoms with Crippen LogP contribution in [0.3, 0.4) is 0 Å². The highest BCUT2D eigenvalue weighted by molar-refractivity contribution is 7.22. The Morgan fingerprint density at radius 2 is 2.17 bits per heavy atom. The Morgan fingerprint density at radius 3 is 2.93 bits per heavy atom. The highest BCUT2D eigenvalue weighted by atomic mass is 32.1. The maximum atomic E-state index is 11.7. The van der Waals surface area contributed by atoms with Crippen LogP contribution in [0, 0.1) is 10.1 Å². The van der Waals surface area contributed by atoms with Crippen molar-refractivity contribution < 1.29 is 9.66 Å². The minimum Gasteiger partial charge on any atom is -0.497 e. The number of ether oxygens (including phenoxy) is 1. The number of nitrogens with zero attached hydrogens (tertiary/aromatic N) is 6. The maximum Gasteiger partial charge on any atom is 0.353 e. The number of rotatable bonds is 9. The van der Waals surface area contributed by atoms with Gasteiger partial charge in [0.25, 0.3) is 0 Å². The molecule has 0 spiro atoms. The van der Waals surface area contributed by atoms with E-state index in [-0.39, 0.29) is 17.3 Å². The molecule has 12 heteroatoms. The molecule has 0 amide bonds. The predicted molar refractivity (Wildman–Crippen MR) is 113 cm³/mol. The summed E-state index contributed by atoms with van der Waals surface area (Å²) in [5.41, 5.74) is 0.537. The number of methoxy groups -OCH3 is 1. The quantitative estimate of drug-likeness (QED) is 0.234. The number of aryl methyl sites for hydroxylation is 1. The summed E-state index contributed by atoms with van der Waals surface area (Å²) in [6.07, 6.45) is 7.33. The topological polar surface area (TPSA) is 133 Å². The maximum absolute atomic E-state index is 11.7. The predicted octanol–water partition coefficient (Wildman–Crippen LogP) is 3.45. The number of thiazole rings is 1. The van der Waals surface area contributed by atoms with Crippen LogP contribution < -0.4 is 15.4 Å². The molecule has 0 saturated heterocycles. The van der Waals surface area contributed by atoms with Crippen molar-refractivity contribution in [1.29, 1.82) is 0 Å². The van der Waals surface area contributed by atoms with Gasteiger partial charge in [-0.1, -0.05) is 11.3 Å². The fourth-order valence-electron chi connectivity index (χ4n) is 2.85. The summed E-state index contributed by atoms with van der Waals surface area (Å²) < 4.78 is 8.05. The van der Waals surface area contributed by atoms with E-state index in [4.69, 9.17) is 4.74 Å². The molecule has 154 valence electrons. The molecule has 0 radical (unpaired) electrons. The summed E-state index contributed by atoms with van der Waals surface area (Å²) in [6.45, 7) is 1.25. The van der Waals surface area contributed by atoms with Crippen molar-refractivity contribution in [1.82, 2.24) is 24.5 Å². The average molecular weight is 426 g/mol. The van der Waals surface area contributed by atoms with E-state index < -0.39 is 4.92 Å². The highest BCUT2D eigenvalue weighted by Crippen LogP contribution is 2.35. The Kier molecular flexibility index (Phi) is 5.66. The number of hydrogen-bond acceptors (Lipinski definition) is 10. The van der Waals surface area contributed by atoms with Crippen LogP contribution in [0.5, 0.6) is 5.75 Å². The molecule has 11 nitrogen and oxygen atoms in total. The molecule has 0 unspecified atom stereocenters. The number of benzene rings is 1. The first-order valence-electron chi connectivity index (χ1n) is 9.04. The second-order valence-electron chi connectivity index (χ2n) is 6.24. The van der Waals surface area contributed by atoms with E-state index in [1.807, 2.05) is 29.0 Å². The van der Waals surface area contributed by atoms with E-state index in [1.54, 1.807) is 19.6 Å². The SMILES string of the molecule is COc1ccc2nc(Nc3ncnc(NCCCn4ccnc4)c3[N+](=O)[O-])sc2c1. The van der Waals surface area contributed by atoms with Gasteiger partial charge in [0, 0.05) is 25.5 Å². The third-order valence-corrected chi connectivity index (χ3v) is 5.20. The van der Waals surface area contributed by atoms with E-state index >= 15 is 0 Å². The van der Waals surface area contributed by atoms with Crippen LogP contribution in [0.1, 0.15) is 6.42 Å². The fraction of sp³-hybridized carbons (Fsp3) is 0.222. The zero-order valence-electron chi connectivity index (χ0n) is 16.0. The summed E-state index contributed by atoms with van der Waals surface area (Å²) in [6, 6.07) is 5.50. The second-order valence-corrected chi connectivity index (χ2v) is 7.27. The molecule has 4 rings (SSSR count). The number of anilines is 3. The molecule has 0 aliphatic rings. The summed E-state index contributed by atoms with van der Waals surface area (Å²) in [4.78, 5) is 27.7. The van der Waals surface area contributed by atoms with Crippen molar-refractivity contribution in [3.8, 4) is 5.75 Å². The molecule has 1 aromatic carbocycles. The van der Waals surface area contributed by atoms with Crippen molar-refractivity contribution in [2.75, 3.05) is 24.3 Å². The number of nitro groups is 1. The molecule has 0 fully saturated rings. The van der Waals surface area contributed by atoms with Gasteiger partial charge in [0.15, 0.2) is 5.13 Å². The van der Waals surface area contributed by atoms with E-state index in [0.29, 0.717) is 17.4 Å². The Balaban J connectivity index is 1.51. The van der Waals surface area contributed by atoms with Crippen molar-refractivity contribution in [2.45, 2.75) is 13.0 Å². The summed E-state index contributed by atoms with van der Waals surface area (Å²) in [5, 5.41) is 18.2. The number of imidazole rings is 1. The number of nitrogens with one attached hydrogen (secondary N) is 2. The second kappa shape index (κ2) is 8.69. The largest absolute Gasteiger partial charge is 0.497 e. The third-order valence-electron chi connectivity index (χ3n) is 4.27. The number of hydrogen-bond donors (Lipinski definition) is 2. The Labute approximate surface area is 174 Å². The minimum atomic E-state index is -0.503. The van der Waals surface area contributed by atoms with Crippen LogP contribution in [0.15, 0.2) is 43.2 Å². The lowest BCUT2D eigenvalue weighted by molar-refractivity contribution is -0.383. The molecule has 4 aromatic rings. The molecular formula is C18H18N8O3S. The minimum absolute atomic E-state index is 0.0816. The zero-order chi connectivity index (χ0) is 20.9. The lowest BCUT2D eigenvalue weighted by Crippen LogP contribution is -2.10. The number of aromatic nitrogens is 5. The molecule has 0 bridgehead atoms. The molecule has 30 heavy (non-hydrogen) atoms. The van der Waals surface area contributed by atoms with Crippen molar-refractivity contribution in [3.05, 3.63) is 53.4 Å². The van der Waals surface area contributed by atoms with Crippen molar-refractivity contribution in [2.24, 2.45) is 0 Å². The average Bonchev–Trinajstić information content (AvgIpc) is 3.39. The van der Waals surface area contributed by atoms with Gasteiger partial charge in [-0.2, -0.15) is 0 Å². The normalized spacial score (nSPS) is 10.8. The van der Waals surface area contributed by atoms with Crippen LogP contribution in [0.4, 0.5) is 22.5 Å². The van der Waals surface area contributed by atoms with Gasteiger partial charge in [-0.3, -0.25) is 10.1 Å². The fourth-order valence-corrected chi connectivity index (χ4v) is 3.74. The van der Waals surface area contributed by atoms with E-state index in [9.17, 15) is 10.1 Å². The van der Waals surface area contributed by atoms with Crippen LogP contribution >= 0.6 is 11.3 Å². The van der Waals surface area contributed by atoms with Gasteiger partial charge in [0.1, 0.15) is 12.1 Å². The molecule has 0 aliphatic heterocycles. The zero-order valence-corrected chi connectivity index (χ0v) is 16.8. The molecular weight excluding hydrogens is 408 g/mol. The van der Waals surface area contributed by atoms with Crippen LogP contribution in [-0.2, 0) is 6.54 Å². The molecule has 3 aromatic heterocycles. The third kappa shape index (κ3) is 4.27. The standard InChI is InChI=1S/C18H18N8O3S/c1-29-12-3-4-13-14(9-12)30-18(23-13)24-17-15(26(27)28)16(21-10-22-17)20-5-2-7-25-8-6-19-11-25/h3-4,6,8-11H,2,5,7H2,1H3,(H2,20,21,22,23,24). The van der Waals surface area contributed by atoms with E-state index in [0.717, 1.165) is 23.2 Å². The van der Waals surface area contributed by atoms with Crippen LogP contribution in [0.2, 0.25) is 0 Å². The van der Waals surface area contributed by atoms with Gasteiger partial charge in [-0.25, -0.2) is 19.9 Å². The van der Waals surface area contributed by atoms with Crippen molar-refractivity contribution >= 4 is 44.0 Å². The first-order chi connectivity index (χ1) is 14.6. The Hall–Kier alpha value is -3.80. The van der Waals surface area contributed by atoms with Gasteiger partial charge >= 0.3 is 5.69 Å². The summed E-state index contributed by atoms with van der Waals surface area (Å²) >= 11 is 1.35. The molecule has 3 heterocycles. The van der Waals surface area contributed by atoms with Gasteiger partial charge in [-0.15, -0.1) is 0 Å². The molecule has 0 saturated carbocycles. The van der Waals surface area contributed by atoms with Crippen LogP contribution in [-0.4, -0.2) is 43.1 Å². The monoisotopic (exact) mass is 426 g/mol. The van der Waals surface area contributed by atoms with Gasteiger partial charge < -0.3 is 19.9 Å². The smallest absolute Gasteiger partial charge is 0.353 e. The lowest BCUT2D eigenvalue weighted by Gasteiger charge is -2.09.